The molecule has 0 saturated heterocycles. The van der Waals surface area contributed by atoms with Gasteiger partial charge in [-0.3, -0.25) is 4.79 Å². The maximum atomic E-state index is 12.2. The van der Waals surface area contributed by atoms with Crippen molar-refractivity contribution >= 4 is 49.4 Å². The molecule has 0 aliphatic rings. The van der Waals surface area contributed by atoms with Crippen LogP contribution in [0.25, 0.3) is 0 Å². The van der Waals surface area contributed by atoms with Gasteiger partial charge >= 0.3 is 5.97 Å². The summed E-state index contributed by atoms with van der Waals surface area (Å²) in [4.78, 5) is 23.1. The monoisotopic (exact) mass is 413 g/mol. The summed E-state index contributed by atoms with van der Waals surface area (Å²) in [6.07, 6.45) is 0. The number of carboxylic acid groups (broad SMARTS) is 1. The lowest BCUT2D eigenvalue weighted by Gasteiger charge is -2.10. The highest BCUT2D eigenvalue weighted by Crippen LogP contribution is 2.29. The normalized spacial score (nSPS) is 10.2. The first kappa shape index (κ1) is 15.5. The fourth-order valence-electron chi connectivity index (χ4n) is 1.68. The molecule has 0 unspecified atom stereocenters. The molecule has 7 heteroatoms. The van der Waals surface area contributed by atoms with Crippen LogP contribution in [0.2, 0.25) is 0 Å². The molecule has 3 N–H and O–H groups in total. The van der Waals surface area contributed by atoms with E-state index in [0.717, 1.165) is 4.47 Å². The summed E-state index contributed by atoms with van der Waals surface area (Å²) in [6, 6.07) is 9.19. The second-order valence-electron chi connectivity index (χ2n) is 4.09. The number of carboxylic acids is 1. The number of carbonyl (C=O) groups excluding carboxylic acids is 1. The predicted octanol–water partition coefficient (Wildman–Crippen LogP) is 3.87. The number of halogens is 2. The van der Waals surface area contributed by atoms with Crippen molar-refractivity contribution < 1.29 is 19.8 Å². The molecule has 5 nitrogen and oxygen atoms in total. The van der Waals surface area contributed by atoms with Crippen molar-refractivity contribution in [2.75, 3.05) is 5.32 Å². The average Bonchev–Trinajstić information content (AvgIpc) is 2.43. The Morgan fingerprint density at radius 1 is 1.05 bits per heavy atom. The Hall–Kier alpha value is -1.86. The van der Waals surface area contributed by atoms with Crippen molar-refractivity contribution in [3.8, 4) is 5.75 Å². The van der Waals surface area contributed by atoms with Crippen molar-refractivity contribution in [3.63, 3.8) is 0 Å². The minimum absolute atomic E-state index is 0.0341. The van der Waals surface area contributed by atoms with Crippen molar-refractivity contribution in [2.45, 2.75) is 0 Å². The van der Waals surface area contributed by atoms with E-state index in [1.54, 1.807) is 18.2 Å². The van der Waals surface area contributed by atoms with Crippen LogP contribution in [0.4, 0.5) is 5.69 Å². The Kier molecular flexibility index (Phi) is 4.64. The number of benzene rings is 2. The van der Waals surface area contributed by atoms with Crippen LogP contribution in [0.1, 0.15) is 20.7 Å². The van der Waals surface area contributed by atoms with Gasteiger partial charge in [0.25, 0.3) is 5.91 Å². The van der Waals surface area contributed by atoms with Gasteiger partial charge in [0.2, 0.25) is 0 Å². The van der Waals surface area contributed by atoms with Crippen molar-refractivity contribution in [1.29, 1.82) is 0 Å². The third-order valence-corrected chi connectivity index (χ3v) is 3.87. The first-order valence-electron chi connectivity index (χ1n) is 5.72. The van der Waals surface area contributed by atoms with Crippen LogP contribution in [0.5, 0.6) is 5.75 Å². The van der Waals surface area contributed by atoms with Gasteiger partial charge in [0.05, 0.1) is 11.3 Å². The van der Waals surface area contributed by atoms with Crippen LogP contribution in [0.3, 0.4) is 0 Å². The average molecular weight is 415 g/mol. The van der Waals surface area contributed by atoms with Gasteiger partial charge in [-0.25, -0.2) is 4.79 Å². The van der Waals surface area contributed by atoms with Gasteiger partial charge in [-0.15, -0.1) is 0 Å². The molecule has 0 heterocycles. The highest BCUT2D eigenvalue weighted by Gasteiger charge is 2.16. The maximum absolute atomic E-state index is 12.2. The minimum Gasteiger partial charge on any atom is -0.505 e. The van der Waals surface area contributed by atoms with Crippen LogP contribution in [0.15, 0.2) is 45.3 Å². The van der Waals surface area contributed by atoms with Gasteiger partial charge in [-0.05, 0) is 46.3 Å². The molecule has 21 heavy (non-hydrogen) atoms. The molecule has 0 aliphatic carbocycles. The van der Waals surface area contributed by atoms with Crippen LogP contribution < -0.4 is 5.32 Å². The number of phenols is 1. The first-order valence-corrected chi connectivity index (χ1v) is 7.30. The van der Waals surface area contributed by atoms with Crippen LogP contribution in [-0.2, 0) is 0 Å². The van der Waals surface area contributed by atoms with Gasteiger partial charge in [-0.2, -0.15) is 0 Å². The number of aromatic hydroxyl groups is 1. The summed E-state index contributed by atoms with van der Waals surface area (Å²) in [5, 5.41) is 21.3. The molecule has 2 aromatic carbocycles. The Labute approximate surface area is 136 Å². The quantitative estimate of drug-likeness (QED) is 0.665. The summed E-state index contributed by atoms with van der Waals surface area (Å²) in [5.74, 6) is -2.22. The van der Waals surface area contributed by atoms with E-state index in [0.29, 0.717) is 10.0 Å². The molecular formula is C14H9Br2NO4. The number of anilines is 1. The summed E-state index contributed by atoms with van der Waals surface area (Å²) >= 11 is 6.53. The lowest BCUT2D eigenvalue weighted by molar-refractivity contribution is 0.0693. The van der Waals surface area contributed by atoms with Crippen LogP contribution >= 0.6 is 31.9 Å². The molecule has 0 radical (unpaired) electrons. The molecule has 108 valence electrons. The number of carbonyl (C=O) groups is 2. The zero-order valence-electron chi connectivity index (χ0n) is 10.4. The van der Waals surface area contributed by atoms with Gasteiger partial charge < -0.3 is 15.5 Å². The van der Waals surface area contributed by atoms with E-state index in [1.165, 1.54) is 18.2 Å². The largest absolute Gasteiger partial charge is 0.505 e. The molecule has 0 aliphatic heterocycles. The second-order valence-corrected chi connectivity index (χ2v) is 5.86. The lowest BCUT2D eigenvalue weighted by atomic mass is 10.1. The number of hydrogen-bond acceptors (Lipinski definition) is 3. The highest BCUT2D eigenvalue weighted by molar-refractivity contribution is 9.11. The molecule has 0 spiro atoms. The van der Waals surface area contributed by atoms with E-state index in [2.05, 4.69) is 37.2 Å². The third-order valence-electron chi connectivity index (χ3n) is 2.69. The summed E-state index contributed by atoms with van der Waals surface area (Å²) in [7, 11) is 0. The smallest absolute Gasteiger partial charge is 0.339 e. The third kappa shape index (κ3) is 3.43. The van der Waals surface area contributed by atoms with Gasteiger partial charge in [0.1, 0.15) is 5.56 Å². The Morgan fingerprint density at radius 2 is 1.76 bits per heavy atom. The molecule has 0 fully saturated rings. The van der Waals surface area contributed by atoms with E-state index >= 15 is 0 Å². The zero-order chi connectivity index (χ0) is 15.6. The number of hydrogen-bond donors (Lipinski definition) is 3. The van der Waals surface area contributed by atoms with Crippen molar-refractivity contribution in [1.82, 2.24) is 0 Å². The molecule has 0 aromatic heterocycles. The van der Waals surface area contributed by atoms with Crippen LogP contribution in [-0.4, -0.2) is 22.1 Å². The second kappa shape index (κ2) is 6.28. The number of para-hydroxylation sites is 1. The van der Waals surface area contributed by atoms with E-state index in [9.17, 15) is 14.7 Å². The predicted molar refractivity (Wildman–Crippen MR) is 84.9 cm³/mol. The summed E-state index contributed by atoms with van der Waals surface area (Å²) in [6.45, 7) is 0. The van der Waals surface area contributed by atoms with E-state index < -0.39 is 17.6 Å². The first-order chi connectivity index (χ1) is 9.90. The fraction of sp³-hybridized carbons (Fsp3) is 0. The molecule has 0 bridgehead atoms. The fourth-order valence-corrected chi connectivity index (χ4v) is 2.47. The molecule has 0 atom stereocenters. The molecule has 2 rings (SSSR count). The number of amides is 1. The SMILES string of the molecule is O=C(Nc1cccc(C(=O)O)c1O)c1cc(Br)ccc1Br. The molecular weight excluding hydrogens is 406 g/mol. The van der Waals surface area contributed by atoms with Gasteiger partial charge in [0.15, 0.2) is 5.75 Å². The Morgan fingerprint density at radius 3 is 2.43 bits per heavy atom. The van der Waals surface area contributed by atoms with Crippen molar-refractivity contribution in [2.24, 2.45) is 0 Å². The Balaban J connectivity index is 2.34. The topological polar surface area (TPSA) is 86.6 Å². The number of rotatable bonds is 3. The number of nitrogens with one attached hydrogen (secondary N) is 1. The Bertz CT molecular complexity index is 731. The summed E-state index contributed by atoms with van der Waals surface area (Å²) in [5.41, 5.74) is 0.109. The maximum Gasteiger partial charge on any atom is 0.339 e. The van der Waals surface area contributed by atoms with E-state index in [4.69, 9.17) is 5.11 Å². The minimum atomic E-state index is -1.27. The van der Waals surface area contributed by atoms with Crippen molar-refractivity contribution in [3.05, 3.63) is 56.5 Å². The van der Waals surface area contributed by atoms with E-state index in [1.807, 2.05) is 0 Å². The molecule has 1 amide bonds. The zero-order valence-corrected chi connectivity index (χ0v) is 13.6. The molecule has 2 aromatic rings. The van der Waals surface area contributed by atoms with Gasteiger partial charge in [0, 0.05) is 8.95 Å². The lowest BCUT2D eigenvalue weighted by Crippen LogP contribution is -2.13. The van der Waals surface area contributed by atoms with Crippen LogP contribution in [0, 0.1) is 0 Å². The number of aromatic carboxylic acids is 1. The highest BCUT2D eigenvalue weighted by atomic mass is 79.9. The molecule has 0 saturated carbocycles. The summed E-state index contributed by atoms with van der Waals surface area (Å²) < 4.78 is 1.30. The van der Waals surface area contributed by atoms with E-state index in [-0.39, 0.29) is 11.3 Å². The standard InChI is InChI=1S/C14H9Br2NO4/c15-7-4-5-10(16)9(6-7)13(19)17-11-3-1-2-8(12(11)18)14(20)21/h1-6,18H,(H,17,19)(H,20,21). The van der Waals surface area contributed by atoms with Gasteiger partial charge in [-0.1, -0.05) is 22.0 Å².